The molecule has 2 heterocycles. The normalized spacial score (nSPS) is 12.8. The molecule has 0 amide bonds. The molecule has 1 N–H and O–H groups in total. The summed E-state index contributed by atoms with van der Waals surface area (Å²) in [4.78, 5) is 20.6. The number of aryl methyl sites for hydroxylation is 2. The van der Waals surface area contributed by atoms with Gasteiger partial charge in [0.2, 0.25) is 0 Å². The van der Waals surface area contributed by atoms with Crippen LogP contribution in [0.2, 0.25) is 0 Å². The maximum absolute atomic E-state index is 12.2. The number of benzene rings is 1. The van der Waals surface area contributed by atoms with Crippen LogP contribution in [0.1, 0.15) is 53.9 Å². The van der Waals surface area contributed by atoms with E-state index in [1.165, 1.54) is 30.3 Å². The number of carbonyl (C=O) groups excluding carboxylic acids is 1. The van der Waals surface area contributed by atoms with Crippen LogP contribution in [0.4, 0.5) is 5.82 Å². The van der Waals surface area contributed by atoms with Crippen LogP contribution in [0.15, 0.2) is 30.6 Å². The van der Waals surface area contributed by atoms with E-state index in [0.717, 1.165) is 19.6 Å². The van der Waals surface area contributed by atoms with Gasteiger partial charge in [-0.05, 0) is 45.1 Å². The van der Waals surface area contributed by atoms with Crippen LogP contribution in [0, 0.1) is 6.92 Å². The second kappa shape index (κ2) is 12.1. The number of carbonyl (C=O) groups is 1. The molecule has 152 valence electrons. The molecule has 0 aliphatic carbocycles. The van der Waals surface area contributed by atoms with Crippen molar-refractivity contribution in [1.82, 2.24) is 9.97 Å². The van der Waals surface area contributed by atoms with E-state index in [-0.39, 0.29) is 5.97 Å². The Hall–Kier alpha value is -2.47. The predicted octanol–water partition coefficient (Wildman–Crippen LogP) is 3.98. The van der Waals surface area contributed by atoms with Crippen LogP contribution >= 0.6 is 0 Å². The summed E-state index contributed by atoms with van der Waals surface area (Å²) in [7, 11) is 0. The molecule has 0 spiro atoms. The number of hydrogen-bond donors (Lipinski definition) is 1. The number of aromatic nitrogens is 2. The van der Waals surface area contributed by atoms with Crippen molar-refractivity contribution in [1.29, 1.82) is 0 Å². The highest BCUT2D eigenvalue weighted by Crippen LogP contribution is 2.17. The van der Waals surface area contributed by atoms with E-state index in [0.29, 0.717) is 36.6 Å². The van der Waals surface area contributed by atoms with E-state index in [1.54, 1.807) is 6.92 Å². The van der Waals surface area contributed by atoms with Crippen molar-refractivity contribution < 1.29 is 14.3 Å². The third-order valence-corrected chi connectivity index (χ3v) is 4.36. The second-order valence-electron chi connectivity index (χ2n) is 6.60. The third-order valence-electron chi connectivity index (χ3n) is 4.36. The standard InChI is InChI=1S/C18H23N3O2.C4H8O/c1-4-15-16(18(22)23-5-2)17(21-12-20-15)19-10-9-14-8-6-7-13(3)11-14;1-2-4-5-3-1/h6-8,11-12H,4-5,9-10H2,1-3H3,(H,19,20,21);1-4H2. The number of esters is 1. The molecular weight excluding hydrogens is 354 g/mol. The van der Waals surface area contributed by atoms with Crippen molar-refractivity contribution in [3.05, 3.63) is 53.0 Å². The van der Waals surface area contributed by atoms with Gasteiger partial charge in [0.15, 0.2) is 0 Å². The quantitative estimate of drug-likeness (QED) is 0.727. The Morgan fingerprint density at radius 1 is 1.21 bits per heavy atom. The first-order chi connectivity index (χ1) is 13.7. The predicted molar refractivity (Wildman–Crippen MR) is 111 cm³/mol. The van der Waals surface area contributed by atoms with E-state index in [2.05, 4.69) is 46.5 Å². The number of hydrogen-bond acceptors (Lipinski definition) is 6. The van der Waals surface area contributed by atoms with Crippen molar-refractivity contribution in [3.8, 4) is 0 Å². The molecule has 1 saturated heterocycles. The van der Waals surface area contributed by atoms with E-state index in [4.69, 9.17) is 9.47 Å². The Morgan fingerprint density at radius 3 is 2.61 bits per heavy atom. The van der Waals surface area contributed by atoms with E-state index in [9.17, 15) is 4.79 Å². The molecule has 0 unspecified atom stereocenters. The van der Waals surface area contributed by atoms with Crippen LogP contribution < -0.4 is 5.32 Å². The van der Waals surface area contributed by atoms with E-state index < -0.39 is 0 Å². The zero-order chi connectivity index (χ0) is 20.2. The van der Waals surface area contributed by atoms with Gasteiger partial charge in [-0.25, -0.2) is 14.8 Å². The molecule has 2 aromatic rings. The lowest BCUT2D eigenvalue weighted by molar-refractivity contribution is 0.0525. The maximum atomic E-state index is 12.2. The summed E-state index contributed by atoms with van der Waals surface area (Å²) in [5.74, 6) is 0.172. The Bertz CT molecular complexity index is 738. The molecule has 6 heteroatoms. The average Bonchev–Trinajstić information content (AvgIpc) is 3.28. The van der Waals surface area contributed by atoms with Crippen molar-refractivity contribution in [2.75, 3.05) is 31.7 Å². The molecule has 1 aliphatic rings. The lowest BCUT2D eigenvalue weighted by Gasteiger charge is -2.13. The monoisotopic (exact) mass is 385 g/mol. The number of nitrogens with one attached hydrogen (secondary N) is 1. The summed E-state index contributed by atoms with van der Waals surface area (Å²) >= 11 is 0. The SMILES string of the molecule is C1CCOC1.CCOC(=O)c1c(CC)ncnc1NCCc1cccc(C)c1. The first-order valence-electron chi connectivity index (χ1n) is 10.0. The van der Waals surface area contributed by atoms with Gasteiger partial charge in [-0.2, -0.15) is 0 Å². The van der Waals surface area contributed by atoms with Gasteiger partial charge in [0.05, 0.1) is 12.3 Å². The van der Waals surface area contributed by atoms with Gasteiger partial charge in [-0.15, -0.1) is 0 Å². The molecule has 6 nitrogen and oxygen atoms in total. The van der Waals surface area contributed by atoms with Gasteiger partial charge >= 0.3 is 5.97 Å². The topological polar surface area (TPSA) is 73.3 Å². The Kier molecular flexibility index (Phi) is 9.42. The summed E-state index contributed by atoms with van der Waals surface area (Å²) in [5.41, 5.74) is 3.64. The molecule has 0 atom stereocenters. The zero-order valence-electron chi connectivity index (χ0n) is 17.2. The first kappa shape index (κ1) is 21.8. The highest BCUT2D eigenvalue weighted by Gasteiger charge is 2.19. The molecule has 0 radical (unpaired) electrons. The van der Waals surface area contributed by atoms with Crippen molar-refractivity contribution in [2.24, 2.45) is 0 Å². The van der Waals surface area contributed by atoms with Gasteiger partial charge in [0.1, 0.15) is 17.7 Å². The molecule has 1 aliphatic heterocycles. The van der Waals surface area contributed by atoms with Gasteiger partial charge in [0, 0.05) is 19.8 Å². The highest BCUT2D eigenvalue weighted by atomic mass is 16.5. The van der Waals surface area contributed by atoms with Gasteiger partial charge in [0.25, 0.3) is 0 Å². The molecule has 0 saturated carbocycles. The number of nitrogens with zero attached hydrogens (tertiary/aromatic N) is 2. The smallest absolute Gasteiger partial charge is 0.343 e. The second-order valence-corrected chi connectivity index (χ2v) is 6.60. The van der Waals surface area contributed by atoms with Gasteiger partial charge in [-0.1, -0.05) is 36.8 Å². The molecule has 1 aromatic heterocycles. The van der Waals surface area contributed by atoms with Crippen LogP contribution in [-0.4, -0.2) is 42.3 Å². The van der Waals surface area contributed by atoms with Crippen LogP contribution in [-0.2, 0) is 22.3 Å². The molecule has 1 aromatic carbocycles. The summed E-state index contributed by atoms with van der Waals surface area (Å²) in [5, 5.41) is 3.24. The number of ether oxygens (including phenoxy) is 2. The lowest BCUT2D eigenvalue weighted by atomic mass is 10.1. The highest BCUT2D eigenvalue weighted by molar-refractivity contribution is 5.95. The van der Waals surface area contributed by atoms with Crippen molar-refractivity contribution >= 4 is 11.8 Å². The summed E-state index contributed by atoms with van der Waals surface area (Å²) < 4.78 is 10.1. The molecule has 3 rings (SSSR count). The number of anilines is 1. The Labute approximate surface area is 167 Å². The Balaban J connectivity index is 0.000000485. The van der Waals surface area contributed by atoms with Crippen LogP contribution in [0.25, 0.3) is 0 Å². The summed E-state index contributed by atoms with van der Waals surface area (Å²) in [6.45, 7) is 8.85. The average molecular weight is 386 g/mol. The molecule has 0 bridgehead atoms. The van der Waals surface area contributed by atoms with E-state index in [1.807, 2.05) is 6.92 Å². The molecule has 28 heavy (non-hydrogen) atoms. The first-order valence-corrected chi connectivity index (χ1v) is 10.0. The number of rotatable bonds is 7. The fraction of sp³-hybridized carbons (Fsp3) is 0.500. The maximum Gasteiger partial charge on any atom is 0.343 e. The Morgan fingerprint density at radius 2 is 2.00 bits per heavy atom. The van der Waals surface area contributed by atoms with Crippen molar-refractivity contribution in [3.63, 3.8) is 0 Å². The third kappa shape index (κ3) is 6.93. The van der Waals surface area contributed by atoms with Crippen molar-refractivity contribution in [2.45, 2.75) is 46.5 Å². The minimum atomic E-state index is -0.372. The fourth-order valence-electron chi connectivity index (χ4n) is 2.95. The minimum Gasteiger partial charge on any atom is -0.462 e. The minimum absolute atomic E-state index is 0.333. The van der Waals surface area contributed by atoms with Crippen LogP contribution in [0.5, 0.6) is 0 Å². The fourth-order valence-corrected chi connectivity index (χ4v) is 2.95. The lowest BCUT2D eigenvalue weighted by Crippen LogP contribution is -2.16. The van der Waals surface area contributed by atoms with Gasteiger partial charge in [-0.3, -0.25) is 0 Å². The van der Waals surface area contributed by atoms with Gasteiger partial charge < -0.3 is 14.8 Å². The largest absolute Gasteiger partial charge is 0.462 e. The summed E-state index contributed by atoms with van der Waals surface area (Å²) in [6, 6.07) is 8.38. The zero-order valence-corrected chi connectivity index (χ0v) is 17.2. The van der Waals surface area contributed by atoms with Crippen LogP contribution in [0.3, 0.4) is 0 Å². The molecular formula is C22H31N3O3. The van der Waals surface area contributed by atoms with E-state index >= 15 is 0 Å². The summed E-state index contributed by atoms with van der Waals surface area (Å²) in [6.07, 6.45) is 5.55. The molecule has 1 fully saturated rings.